The lowest BCUT2D eigenvalue weighted by molar-refractivity contribution is -1.08. The van der Waals surface area contributed by atoms with E-state index in [2.05, 4.69) is 0 Å². The Kier molecular flexibility index (Phi) is 7.49. The average molecular weight is 664 g/mol. The molecule has 2 aromatic carbocycles. The standard InChI is InChI=1S/C29H33N5O7S2.ClH/c1-17(35)24-27(37)32-26(29(38)39)21(42-28(24)32)15-31-20-4-2-3-19-18(5-6-22(25(19)20)43(31,40)41)7-8-33-9-12-34(13-10-33,14-11-33)16-23(30)36;/h2-6,17,24,28H,7-16H2,1H3,(H2-,30,36,38,39);1H/t17-,24?,28?,33?,34?;/m0./s1. The molecule has 3 atom stereocenters. The molecule has 12 nitrogen and oxygen atoms in total. The molecule has 236 valence electrons. The summed E-state index contributed by atoms with van der Waals surface area (Å²) in [6, 6.07) is 8.97. The number of hydrogen-bond donors (Lipinski definition) is 1. The summed E-state index contributed by atoms with van der Waals surface area (Å²) in [7, 11) is -4.01. The van der Waals surface area contributed by atoms with Crippen LogP contribution in [-0.4, -0.2) is 110 Å². The number of piperazine rings is 3. The Hall–Kier alpha value is -2.88. The molecular weight excluding hydrogens is 630 g/mol. The van der Waals surface area contributed by atoms with Crippen LogP contribution in [0.2, 0.25) is 0 Å². The third-order valence-electron chi connectivity index (χ3n) is 10.2. The van der Waals surface area contributed by atoms with Gasteiger partial charge in [-0.2, -0.15) is 0 Å². The van der Waals surface area contributed by atoms with Gasteiger partial charge in [0.1, 0.15) is 39.3 Å². The van der Waals surface area contributed by atoms with Crippen LogP contribution in [0.4, 0.5) is 5.69 Å². The molecule has 4 fully saturated rings. The Balaban J connectivity index is 0.00000343. The molecule has 0 saturated carbocycles. The quantitative estimate of drug-likeness (QED) is 0.256. The number of carbonyl (C=O) groups excluding carboxylic acids is 3. The lowest BCUT2D eigenvalue weighted by atomic mass is 9.92. The zero-order valence-electron chi connectivity index (χ0n) is 24.1. The lowest BCUT2D eigenvalue weighted by Gasteiger charge is -2.55. The molecule has 0 aromatic heterocycles. The minimum Gasteiger partial charge on any atom is -0.852 e. The van der Waals surface area contributed by atoms with E-state index in [9.17, 15) is 33.0 Å². The molecule has 8 rings (SSSR count). The van der Waals surface area contributed by atoms with Gasteiger partial charge in [-0.1, -0.05) is 25.1 Å². The molecule has 6 aliphatic heterocycles. The summed E-state index contributed by atoms with van der Waals surface area (Å²) < 4.78 is 30.6. The molecule has 0 radical (unpaired) electrons. The van der Waals surface area contributed by atoms with E-state index in [1.165, 1.54) is 11.2 Å². The first-order valence-corrected chi connectivity index (χ1v) is 16.8. The summed E-state index contributed by atoms with van der Waals surface area (Å²) in [6.45, 7) is 8.14. The van der Waals surface area contributed by atoms with Gasteiger partial charge in [-0.05, 0) is 23.1 Å². The van der Waals surface area contributed by atoms with Gasteiger partial charge >= 0.3 is 0 Å². The van der Waals surface area contributed by atoms with Gasteiger partial charge in [0.25, 0.3) is 15.9 Å². The predicted molar refractivity (Wildman–Crippen MR) is 161 cm³/mol. The molecule has 0 spiro atoms. The number of β-lactam (4-membered cyclic amide) rings is 1. The van der Waals surface area contributed by atoms with Gasteiger partial charge in [0.2, 0.25) is 5.91 Å². The van der Waals surface area contributed by atoms with Crippen molar-refractivity contribution in [2.24, 2.45) is 11.7 Å². The third kappa shape index (κ3) is 4.52. The first-order valence-electron chi connectivity index (χ1n) is 14.5. The highest BCUT2D eigenvalue weighted by molar-refractivity contribution is 8.04. The summed E-state index contributed by atoms with van der Waals surface area (Å²) in [4.78, 5) is 37.7. The van der Waals surface area contributed by atoms with Crippen molar-refractivity contribution in [1.29, 1.82) is 0 Å². The maximum atomic E-state index is 13.8. The Morgan fingerprint density at radius 3 is 2.36 bits per heavy atom. The van der Waals surface area contributed by atoms with Gasteiger partial charge in [-0.3, -0.25) is 18.8 Å². The Morgan fingerprint density at radius 1 is 1.09 bits per heavy atom. The summed E-state index contributed by atoms with van der Waals surface area (Å²) in [6.07, 6.45) is -0.452. The number of carboxylic acids is 1. The number of anilines is 1. The number of benzene rings is 2. The number of fused-ring (bicyclic) bond motifs is 4. The molecule has 2 amide bonds. The smallest absolute Gasteiger partial charge is 0.272 e. The third-order valence-corrected chi connectivity index (χ3v) is 13.4. The second kappa shape index (κ2) is 10.6. The molecule has 0 aliphatic carbocycles. The fourth-order valence-corrected chi connectivity index (χ4v) is 11.1. The number of halogens is 1. The van der Waals surface area contributed by atoms with Crippen molar-refractivity contribution in [3.63, 3.8) is 0 Å². The van der Waals surface area contributed by atoms with Crippen LogP contribution in [0.5, 0.6) is 0 Å². The summed E-state index contributed by atoms with van der Waals surface area (Å²) in [5, 5.41) is 25.0. The van der Waals surface area contributed by atoms with E-state index >= 15 is 0 Å². The van der Waals surface area contributed by atoms with Gasteiger partial charge in [0, 0.05) is 16.7 Å². The number of amides is 2. The van der Waals surface area contributed by atoms with Crippen LogP contribution in [0.1, 0.15) is 12.5 Å². The first-order chi connectivity index (χ1) is 20.4. The fourth-order valence-electron chi connectivity index (χ4n) is 7.75. The SMILES string of the molecule is C[C@H]([O-])C1C(=O)N2C(C(=O)[O-])=C(CN3c4cccc5c(CC[N+]67CC[N+](CC(N)=O)(CC6)CC7)ccc(c45)S3(=O)=O)SC12.Cl. The van der Waals surface area contributed by atoms with Crippen molar-refractivity contribution in [2.45, 2.75) is 29.7 Å². The van der Waals surface area contributed by atoms with E-state index in [-0.39, 0.29) is 40.4 Å². The highest BCUT2D eigenvalue weighted by Crippen LogP contribution is 2.52. The maximum Gasteiger partial charge on any atom is 0.272 e. The molecule has 4 saturated heterocycles. The van der Waals surface area contributed by atoms with Gasteiger partial charge in [0.15, 0.2) is 6.54 Å². The average Bonchev–Trinajstić information content (AvgIpc) is 3.39. The van der Waals surface area contributed by atoms with E-state index in [4.69, 9.17) is 5.73 Å². The highest BCUT2D eigenvalue weighted by Gasteiger charge is 2.55. The van der Waals surface area contributed by atoms with Crippen LogP contribution in [0.3, 0.4) is 0 Å². The molecule has 15 heteroatoms. The summed E-state index contributed by atoms with van der Waals surface area (Å²) in [5.74, 6) is -3.27. The minimum atomic E-state index is -4.01. The Labute approximate surface area is 265 Å². The van der Waals surface area contributed by atoms with Crippen molar-refractivity contribution in [1.82, 2.24) is 4.90 Å². The van der Waals surface area contributed by atoms with Crippen LogP contribution < -0.4 is 20.3 Å². The largest absolute Gasteiger partial charge is 0.852 e. The van der Waals surface area contributed by atoms with Gasteiger partial charge in [0.05, 0.1) is 46.6 Å². The van der Waals surface area contributed by atoms with Crippen LogP contribution in [0.25, 0.3) is 10.8 Å². The number of sulfonamides is 1. The van der Waals surface area contributed by atoms with Crippen LogP contribution in [0, 0.1) is 5.92 Å². The van der Waals surface area contributed by atoms with E-state index in [1.54, 1.807) is 12.1 Å². The molecule has 44 heavy (non-hydrogen) atoms. The van der Waals surface area contributed by atoms with Crippen LogP contribution in [0.15, 0.2) is 45.8 Å². The van der Waals surface area contributed by atoms with E-state index < -0.39 is 39.3 Å². The van der Waals surface area contributed by atoms with Crippen LogP contribution in [-0.2, 0) is 30.8 Å². The molecule has 2 bridgehead atoms. The molecule has 2 unspecified atom stereocenters. The van der Waals surface area contributed by atoms with Crippen molar-refractivity contribution in [3.05, 3.63) is 46.5 Å². The second-order valence-electron chi connectivity index (χ2n) is 12.6. The zero-order valence-corrected chi connectivity index (χ0v) is 26.6. The van der Waals surface area contributed by atoms with E-state index in [0.717, 1.165) is 88.8 Å². The zero-order chi connectivity index (χ0) is 30.5. The summed E-state index contributed by atoms with van der Waals surface area (Å²) in [5.41, 5.74) is 6.67. The van der Waals surface area contributed by atoms with E-state index in [0.29, 0.717) is 17.6 Å². The number of carbonyl (C=O) groups is 3. The molecule has 6 aliphatic rings. The number of aliphatic carboxylic acids is 1. The Bertz CT molecular complexity index is 1720. The normalized spacial score (nSPS) is 30.3. The number of hydrogen-bond acceptors (Lipinski definition) is 8. The number of nitrogens with two attached hydrogens (primary N) is 1. The predicted octanol–water partition coefficient (Wildman–Crippen LogP) is -1.30. The van der Waals surface area contributed by atoms with Crippen molar-refractivity contribution in [2.75, 3.05) is 63.2 Å². The van der Waals surface area contributed by atoms with Gasteiger partial charge < -0.3 is 29.7 Å². The second-order valence-corrected chi connectivity index (χ2v) is 15.6. The summed E-state index contributed by atoms with van der Waals surface area (Å²) >= 11 is 1.06. The number of thioether (sulfide) groups is 1. The van der Waals surface area contributed by atoms with Crippen molar-refractivity contribution in [3.8, 4) is 0 Å². The minimum absolute atomic E-state index is 0. The topological polar surface area (TPSA) is 164 Å². The number of rotatable bonds is 9. The van der Waals surface area contributed by atoms with Crippen molar-refractivity contribution < 1.29 is 42.0 Å². The number of nitrogens with zero attached hydrogens (tertiary/aromatic N) is 4. The highest BCUT2D eigenvalue weighted by atomic mass is 35.5. The molecule has 6 heterocycles. The molecule has 2 aromatic rings. The number of carboxylic acid groups (broad SMARTS) is 1. The number of primary amides is 1. The van der Waals surface area contributed by atoms with Gasteiger partial charge in [-0.25, -0.2) is 8.42 Å². The van der Waals surface area contributed by atoms with Gasteiger partial charge in [-0.15, -0.1) is 30.3 Å². The van der Waals surface area contributed by atoms with E-state index in [1.807, 2.05) is 18.2 Å². The monoisotopic (exact) mass is 663 g/mol. The Morgan fingerprint density at radius 2 is 1.75 bits per heavy atom. The lowest BCUT2D eigenvalue weighted by Crippen LogP contribution is -2.76. The molecule has 2 N–H and O–H groups in total. The maximum absolute atomic E-state index is 13.8. The number of quaternary nitrogens is 2. The first kappa shape index (κ1) is 31.1. The van der Waals surface area contributed by atoms with Crippen LogP contribution >= 0.6 is 24.2 Å². The fraction of sp³-hybridized carbons (Fsp3) is 0.483. The van der Waals surface area contributed by atoms with Crippen molar-refractivity contribution >= 4 is 68.4 Å². The molecular formula is C29H34ClN5O7S2.